The van der Waals surface area contributed by atoms with Gasteiger partial charge in [0.1, 0.15) is 0 Å². The zero-order chi connectivity index (χ0) is 13.0. The molecule has 0 spiro atoms. The molecule has 2 rings (SSSR count). The molecule has 18 heavy (non-hydrogen) atoms. The lowest BCUT2D eigenvalue weighted by Crippen LogP contribution is -2.38. The normalized spacial score (nSPS) is 22.8. The molecular formula is C14H20N2OS. The second-order valence-corrected chi connectivity index (χ2v) is 5.69. The molecular weight excluding hydrogens is 244 g/mol. The van der Waals surface area contributed by atoms with Gasteiger partial charge in [-0.3, -0.25) is 4.79 Å². The molecule has 1 fully saturated rings. The molecule has 1 aliphatic rings. The van der Waals surface area contributed by atoms with E-state index < -0.39 is 0 Å². The van der Waals surface area contributed by atoms with Crippen molar-refractivity contribution >= 4 is 23.4 Å². The highest BCUT2D eigenvalue weighted by Crippen LogP contribution is 2.28. The third-order valence-electron chi connectivity index (χ3n) is 3.51. The molecule has 1 aromatic rings. The maximum atomic E-state index is 12.1. The van der Waals surface area contributed by atoms with Crippen molar-refractivity contribution in [3.8, 4) is 0 Å². The smallest absolute Gasteiger partial charge is 0.251 e. The molecule has 0 radical (unpaired) electrons. The highest BCUT2D eigenvalue weighted by atomic mass is 32.2. The minimum atomic E-state index is 0.0450. The molecule has 2 N–H and O–H groups in total. The summed E-state index contributed by atoms with van der Waals surface area (Å²) < 4.78 is 0. The molecule has 2 atom stereocenters. The second kappa shape index (κ2) is 6.14. The molecule has 0 heterocycles. The number of hydrogen-bond donors (Lipinski definition) is 2. The molecule has 1 aliphatic carbocycles. The molecule has 0 aliphatic heterocycles. The first-order chi connectivity index (χ1) is 8.74. The van der Waals surface area contributed by atoms with Gasteiger partial charge in [-0.1, -0.05) is 6.42 Å². The van der Waals surface area contributed by atoms with E-state index in [0.29, 0.717) is 11.3 Å². The Kier molecular flexibility index (Phi) is 4.53. The molecule has 4 heteroatoms. The van der Waals surface area contributed by atoms with Crippen LogP contribution in [0.2, 0.25) is 0 Å². The molecule has 0 bridgehead atoms. The quantitative estimate of drug-likeness (QED) is 0.878. The predicted molar refractivity (Wildman–Crippen MR) is 78.4 cm³/mol. The summed E-state index contributed by atoms with van der Waals surface area (Å²) in [4.78, 5) is 12.1. The Balaban J connectivity index is 1.98. The fourth-order valence-corrected chi connectivity index (χ4v) is 3.35. The van der Waals surface area contributed by atoms with Crippen LogP contribution in [0.3, 0.4) is 0 Å². The van der Waals surface area contributed by atoms with Crippen molar-refractivity contribution in [1.82, 2.24) is 5.32 Å². The lowest BCUT2D eigenvalue weighted by atomic mass is 10.1. The Bertz CT molecular complexity index is 405. The van der Waals surface area contributed by atoms with E-state index in [1.54, 1.807) is 0 Å². The minimum Gasteiger partial charge on any atom is -0.388 e. The topological polar surface area (TPSA) is 41.1 Å². The number of benzene rings is 1. The van der Waals surface area contributed by atoms with Gasteiger partial charge < -0.3 is 10.6 Å². The van der Waals surface area contributed by atoms with Gasteiger partial charge in [0, 0.05) is 29.6 Å². The maximum absolute atomic E-state index is 12.1. The van der Waals surface area contributed by atoms with E-state index in [1.165, 1.54) is 12.8 Å². The van der Waals surface area contributed by atoms with E-state index in [4.69, 9.17) is 0 Å². The van der Waals surface area contributed by atoms with Crippen LogP contribution in [-0.2, 0) is 0 Å². The fourth-order valence-electron chi connectivity index (χ4n) is 2.41. The van der Waals surface area contributed by atoms with Crippen molar-refractivity contribution in [3.05, 3.63) is 29.8 Å². The Labute approximate surface area is 113 Å². The fraction of sp³-hybridized carbons (Fsp3) is 0.500. The van der Waals surface area contributed by atoms with E-state index in [9.17, 15) is 4.79 Å². The number of nitrogens with one attached hydrogen (secondary N) is 2. The molecule has 1 amide bonds. The van der Waals surface area contributed by atoms with Gasteiger partial charge in [0.15, 0.2) is 0 Å². The Morgan fingerprint density at radius 3 is 2.61 bits per heavy atom. The minimum absolute atomic E-state index is 0.0450. The number of amides is 1. The van der Waals surface area contributed by atoms with E-state index in [2.05, 4.69) is 16.9 Å². The van der Waals surface area contributed by atoms with Gasteiger partial charge in [-0.15, -0.1) is 0 Å². The van der Waals surface area contributed by atoms with E-state index in [1.807, 2.05) is 43.1 Å². The summed E-state index contributed by atoms with van der Waals surface area (Å²) in [5.74, 6) is 0.0450. The summed E-state index contributed by atoms with van der Waals surface area (Å²) in [7, 11) is 1.87. The Morgan fingerprint density at radius 2 is 2.00 bits per heavy atom. The van der Waals surface area contributed by atoms with Crippen LogP contribution in [0.15, 0.2) is 24.3 Å². The zero-order valence-corrected chi connectivity index (χ0v) is 11.7. The Hall–Kier alpha value is -1.16. The van der Waals surface area contributed by atoms with Crippen LogP contribution in [0.5, 0.6) is 0 Å². The highest BCUT2D eigenvalue weighted by Gasteiger charge is 2.27. The van der Waals surface area contributed by atoms with Gasteiger partial charge in [0.05, 0.1) is 0 Å². The van der Waals surface area contributed by atoms with Crippen LogP contribution in [0.4, 0.5) is 5.69 Å². The first kappa shape index (κ1) is 13.3. The SMILES string of the molecule is CNc1ccc(C(=O)NC2CCCC2SC)cc1. The van der Waals surface area contributed by atoms with Crippen LogP contribution in [0, 0.1) is 0 Å². The summed E-state index contributed by atoms with van der Waals surface area (Å²) >= 11 is 1.86. The number of hydrogen-bond acceptors (Lipinski definition) is 3. The van der Waals surface area contributed by atoms with Crippen molar-refractivity contribution in [1.29, 1.82) is 0 Å². The summed E-state index contributed by atoms with van der Waals surface area (Å²) in [5, 5.41) is 6.78. The van der Waals surface area contributed by atoms with Gasteiger partial charge in [-0.2, -0.15) is 11.8 Å². The number of carbonyl (C=O) groups excluding carboxylic acids is 1. The number of rotatable bonds is 4. The van der Waals surface area contributed by atoms with Crippen LogP contribution in [0.25, 0.3) is 0 Å². The third-order valence-corrected chi connectivity index (χ3v) is 4.68. The lowest BCUT2D eigenvalue weighted by Gasteiger charge is -2.19. The van der Waals surface area contributed by atoms with Crippen molar-refractivity contribution in [3.63, 3.8) is 0 Å². The lowest BCUT2D eigenvalue weighted by molar-refractivity contribution is 0.0938. The van der Waals surface area contributed by atoms with Crippen molar-refractivity contribution in [2.45, 2.75) is 30.6 Å². The molecule has 2 unspecified atom stereocenters. The predicted octanol–water partition coefficient (Wildman–Crippen LogP) is 2.74. The summed E-state index contributed by atoms with van der Waals surface area (Å²) in [6.07, 6.45) is 5.66. The molecule has 3 nitrogen and oxygen atoms in total. The van der Waals surface area contributed by atoms with Crippen LogP contribution in [-0.4, -0.2) is 30.5 Å². The highest BCUT2D eigenvalue weighted by molar-refractivity contribution is 7.99. The van der Waals surface area contributed by atoms with Gasteiger partial charge in [0.2, 0.25) is 0 Å². The molecule has 0 saturated heterocycles. The van der Waals surface area contributed by atoms with Crippen molar-refractivity contribution < 1.29 is 4.79 Å². The molecule has 1 aromatic carbocycles. The summed E-state index contributed by atoms with van der Waals surface area (Å²) in [6, 6.07) is 7.91. The average molecular weight is 264 g/mol. The largest absolute Gasteiger partial charge is 0.388 e. The first-order valence-corrected chi connectivity index (χ1v) is 7.65. The molecule has 98 valence electrons. The number of thioether (sulfide) groups is 1. The first-order valence-electron chi connectivity index (χ1n) is 6.36. The van der Waals surface area contributed by atoms with Gasteiger partial charge in [0.25, 0.3) is 5.91 Å². The Morgan fingerprint density at radius 1 is 1.28 bits per heavy atom. The van der Waals surface area contributed by atoms with Gasteiger partial charge in [-0.25, -0.2) is 0 Å². The summed E-state index contributed by atoms with van der Waals surface area (Å²) in [6.45, 7) is 0. The van der Waals surface area contributed by atoms with Gasteiger partial charge in [-0.05, 0) is 43.4 Å². The van der Waals surface area contributed by atoms with Crippen LogP contribution in [0.1, 0.15) is 29.6 Å². The zero-order valence-electron chi connectivity index (χ0n) is 10.9. The van der Waals surface area contributed by atoms with Gasteiger partial charge >= 0.3 is 0 Å². The second-order valence-electron chi connectivity index (χ2n) is 4.61. The molecule has 1 saturated carbocycles. The standard InChI is InChI=1S/C14H20N2OS/c1-15-11-8-6-10(7-9-11)14(17)16-12-4-3-5-13(12)18-2/h6-9,12-13,15H,3-5H2,1-2H3,(H,16,17). The van der Waals surface area contributed by atoms with E-state index in [0.717, 1.165) is 17.7 Å². The summed E-state index contributed by atoms with van der Waals surface area (Å²) in [5.41, 5.74) is 1.76. The van der Waals surface area contributed by atoms with Crippen LogP contribution < -0.4 is 10.6 Å². The van der Waals surface area contributed by atoms with Crippen LogP contribution >= 0.6 is 11.8 Å². The van der Waals surface area contributed by atoms with E-state index >= 15 is 0 Å². The molecule has 0 aromatic heterocycles. The van der Waals surface area contributed by atoms with Crippen molar-refractivity contribution in [2.75, 3.05) is 18.6 Å². The third kappa shape index (κ3) is 2.99. The maximum Gasteiger partial charge on any atom is 0.251 e. The average Bonchev–Trinajstić information content (AvgIpc) is 2.86. The number of anilines is 1. The monoisotopic (exact) mass is 264 g/mol. The van der Waals surface area contributed by atoms with Crippen molar-refractivity contribution in [2.24, 2.45) is 0 Å². The van der Waals surface area contributed by atoms with E-state index in [-0.39, 0.29) is 5.91 Å². The number of carbonyl (C=O) groups is 1.